The van der Waals surface area contributed by atoms with Gasteiger partial charge >= 0.3 is 0 Å². The predicted octanol–water partition coefficient (Wildman–Crippen LogP) is 3.12. The highest BCUT2D eigenvalue weighted by atomic mass is 16.5. The van der Waals surface area contributed by atoms with Gasteiger partial charge in [0, 0.05) is 25.4 Å². The molecule has 0 unspecified atom stereocenters. The molecule has 0 bridgehead atoms. The first-order valence-electron chi connectivity index (χ1n) is 9.50. The number of hydrogen-bond acceptors (Lipinski definition) is 5. The van der Waals surface area contributed by atoms with Crippen LogP contribution >= 0.6 is 0 Å². The second-order valence-electron chi connectivity index (χ2n) is 7.39. The molecule has 0 radical (unpaired) electrons. The summed E-state index contributed by atoms with van der Waals surface area (Å²) in [4.78, 5) is 18.8. The van der Waals surface area contributed by atoms with Crippen LogP contribution < -0.4 is 4.74 Å². The van der Waals surface area contributed by atoms with Crippen molar-refractivity contribution in [3.8, 4) is 5.75 Å². The van der Waals surface area contributed by atoms with Crippen molar-refractivity contribution in [2.75, 3.05) is 19.7 Å². The van der Waals surface area contributed by atoms with Gasteiger partial charge in [0.1, 0.15) is 5.75 Å². The number of benzene rings is 1. The van der Waals surface area contributed by atoms with Crippen molar-refractivity contribution >= 4 is 5.91 Å². The van der Waals surface area contributed by atoms with Crippen molar-refractivity contribution in [1.82, 2.24) is 15.0 Å². The smallest absolute Gasteiger partial charge is 0.233 e. The number of carbonyl (C=O) groups is 1. The molecule has 0 N–H and O–H groups in total. The van der Waals surface area contributed by atoms with Crippen LogP contribution in [0, 0.1) is 12.8 Å². The Bertz CT molecular complexity index is 761. The van der Waals surface area contributed by atoms with Gasteiger partial charge in [-0.05, 0) is 37.5 Å². The number of aromatic nitrogens is 2. The lowest BCUT2D eigenvalue weighted by Gasteiger charge is -2.38. The molecule has 6 nitrogen and oxygen atoms in total. The van der Waals surface area contributed by atoms with Gasteiger partial charge in [-0.15, -0.1) is 0 Å². The van der Waals surface area contributed by atoms with Crippen LogP contribution in [0.25, 0.3) is 0 Å². The van der Waals surface area contributed by atoms with Gasteiger partial charge in [-0.3, -0.25) is 4.79 Å². The number of ether oxygens (including phenoxy) is 1. The molecule has 0 spiro atoms. The van der Waals surface area contributed by atoms with E-state index in [9.17, 15) is 4.79 Å². The highest BCUT2D eigenvalue weighted by molar-refractivity contribution is 5.80. The maximum atomic E-state index is 12.4. The minimum atomic E-state index is 0.180. The van der Waals surface area contributed by atoms with E-state index >= 15 is 0 Å². The van der Waals surface area contributed by atoms with E-state index in [1.807, 2.05) is 36.1 Å². The number of likely N-dealkylation sites (tertiary alicyclic amines) is 1. The SMILES string of the molecule is Cc1cccc(OCCc2noc(C3CN(C(=O)C4CCCC4)C3)n2)c1. The third-order valence-corrected chi connectivity index (χ3v) is 5.31. The number of amides is 1. The summed E-state index contributed by atoms with van der Waals surface area (Å²) >= 11 is 0. The van der Waals surface area contributed by atoms with E-state index in [0.717, 1.165) is 18.6 Å². The molecule has 26 heavy (non-hydrogen) atoms. The fraction of sp³-hybridized carbons (Fsp3) is 0.550. The Morgan fingerprint density at radius 3 is 2.88 bits per heavy atom. The summed E-state index contributed by atoms with van der Waals surface area (Å²) in [5, 5.41) is 4.05. The van der Waals surface area contributed by atoms with Crippen LogP contribution in [0.15, 0.2) is 28.8 Å². The van der Waals surface area contributed by atoms with Crippen molar-refractivity contribution in [1.29, 1.82) is 0 Å². The van der Waals surface area contributed by atoms with Crippen molar-refractivity contribution in [3.63, 3.8) is 0 Å². The molecule has 1 amide bonds. The fourth-order valence-corrected chi connectivity index (χ4v) is 3.75. The molecule has 2 aromatic rings. The van der Waals surface area contributed by atoms with Gasteiger partial charge in [-0.25, -0.2) is 0 Å². The maximum Gasteiger partial charge on any atom is 0.233 e. The number of nitrogens with zero attached hydrogens (tertiary/aromatic N) is 3. The van der Waals surface area contributed by atoms with Crippen LogP contribution in [0.3, 0.4) is 0 Å². The van der Waals surface area contributed by atoms with Crippen LogP contribution in [-0.2, 0) is 11.2 Å². The largest absolute Gasteiger partial charge is 0.493 e. The normalized spacial score (nSPS) is 18.1. The lowest BCUT2D eigenvalue weighted by atomic mass is 9.96. The molecular formula is C20H25N3O3. The van der Waals surface area contributed by atoms with Gasteiger partial charge in [0.2, 0.25) is 11.8 Å². The Labute approximate surface area is 153 Å². The quantitative estimate of drug-likeness (QED) is 0.796. The molecule has 138 valence electrons. The van der Waals surface area contributed by atoms with Gasteiger partial charge < -0.3 is 14.2 Å². The average Bonchev–Trinajstić information content (AvgIpc) is 3.25. The zero-order valence-electron chi connectivity index (χ0n) is 15.2. The molecule has 2 fully saturated rings. The van der Waals surface area contributed by atoms with Crippen molar-refractivity contribution in [2.45, 2.75) is 44.9 Å². The van der Waals surface area contributed by atoms with E-state index in [1.54, 1.807) is 0 Å². The highest BCUT2D eigenvalue weighted by Gasteiger charge is 2.38. The number of carbonyl (C=O) groups excluding carboxylic acids is 1. The Balaban J connectivity index is 1.23. The summed E-state index contributed by atoms with van der Waals surface area (Å²) in [6.45, 7) is 3.96. The Kier molecular flexibility index (Phi) is 4.91. The molecule has 2 aliphatic rings. The first kappa shape index (κ1) is 17.1. The second kappa shape index (κ2) is 7.48. The van der Waals surface area contributed by atoms with E-state index in [1.165, 1.54) is 18.4 Å². The third kappa shape index (κ3) is 3.74. The molecule has 2 heterocycles. The number of rotatable bonds is 6. The molecule has 1 aliphatic carbocycles. The number of aryl methyl sites for hydroxylation is 1. The Morgan fingerprint density at radius 2 is 2.12 bits per heavy atom. The molecule has 1 saturated heterocycles. The molecule has 0 atom stereocenters. The summed E-state index contributed by atoms with van der Waals surface area (Å²) in [7, 11) is 0. The van der Waals surface area contributed by atoms with Gasteiger partial charge in [-0.2, -0.15) is 4.98 Å². The number of hydrogen-bond donors (Lipinski definition) is 0. The van der Waals surface area contributed by atoms with Crippen LogP contribution in [0.2, 0.25) is 0 Å². The molecular weight excluding hydrogens is 330 g/mol. The van der Waals surface area contributed by atoms with Crippen molar-refractivity contribution < 1.29 is 14.1 Å². The van der Waals surface area contributed by atoms with E-state index in [-0.39, 0.29) is 11.8 Å². The standard InChI is InChI=1S/C20H25N3O3/c1-14-5-4-8-17(11-14)25-10-9-18-21-19(26-22-18)16-12-23(13-16)20(24)15-6-2-3-7-15/h4-5,8,11,15-16H,2-3,6-7,9-10,12-13H2,1H3. The summed E-state index contributed by atoms with van der Waals surface area (Å²) in [5.41, 5.74) is 1.17. The van der Waals surface area contributed by atoms with E-state index < -0.39 is 0 Å². The minimum Gasteiger partial charge on any atom is -0.493 e. The lowest BCUT2D eigenvalue weighted by Crippen LogP contribution is -2.50. The topological polar surface area (TPSA) is 68.5 Å². The summed E-state index contributed by atoms with van der Waals surface area (Å²) < 4.78 is 11.1. The van der Waals surface area contributed by atoms with Crippen LogP contribution in [-0.4, -0.2) is 40.6 Å². The van der Waals surface area contributed by atoms with Gasteiger partial charge in [0.05, 0.1) is 12.5 Å². The molecule has 4 rings (SSSR count). The predicted molar refractivity (Wildman–Crippen MR) is 96.0 cm³/mol. The summed E-state index contributed by atoms with van der Waals surface area (Å²) in [6.07, 6.45) is 5.07. The van der Waals surface area contributed by atoms with E-state index in [0.29, 0.717) is 43.7 Å². The fourth-order valence-electron chi connectivity index (χ4n) is 3.75. The third-order valence-electron chi connectivity index (χ3n) is 5.31. The first-order chi connectivity index (χ1) is 12.7. The monoisotopic (exact) mass is 355 g/mol. The Morgan fingerprint density at radius 1 is 1.31 bits per heavy atom. The first-order valence-corrected chi connectivity index (χ1v) is 9.50. The second-order valence-corrected chi connectivity index (χ2v) is 7.39. The molecule has 6 heteroatoms. The van der Waals surface area contributed by atoms with Crippen LogP contribution in [0.4, 0.5) is 0 Å². The minimum absolute atomic E-state index is 0.180. The van der Waals surface area contributed by atoms with Crippen molar-refractivity contribution in [2.24, 2.45) is 5.92 Å². The lowest BCUT2D eigenvalue weighted by molar-refractivity contribution is -0.140. The zero-order chi connectivity index (χ0) is 17.9. The highest BCUT2D eigenvalue weighted by Crippen LogP contribution is 2.32. The zero-order valence-corrected chi connectivity index (χ0v) is 15.2. The van der Waals surface area contributed by atoms with Crippen LogP contribution in [0.5, 0.6) is 5.75 Å². The summed E-state index contributed by atoms with van der Waals surface area (Å²) in [6, 6.07) is 7.97. The van der Waals surface area contributed by atoms with Crippen molar-refractivity contribution in [3.05, 3.63) is 41.5 Å². The Hall–Kier alpha value is -2.37. The van der Waals surface area contributed by atoms with E-state index in [2.05, 4.69) is 10.1 Å². The molecule has 1 aliphatic heterocycles. The van der Waals surface area contributed by atoms with Gasteiger partial charge in [-0.1, -0.05) is 30.1 Å². The summed E-state index contributed by atoms with van der Waals surface area (Å²) in [5.74, 6) is 2.89. The molecule has 1 aromatic carbocycles. The van der Waals surface area contributed by atoms with Crippen LogP contribution in [0.1, 0.15) is 48.9 Å². The van der Waals surface area contributed by atoms with E-state index in [4.69, 9.17) is 9.26 Å². The van der Waals surface area contributed by atoms with Gasteiger partial charge in [0.15, 0.2) is 5.82 Å². The molecule has 1 saturated carbocycles. The molecule has 1 aromatic heterocycles. The maximum absolute atomic E-state index is 12.4. The van der Waals surface area contributed by atoms with Gasteiger partial charge in [0.25, 0.3) is 0 Å². The average molecular weight is 355 g/mol.